The molecule has 2 aliphatic heterocycles. The maximum Gasteiger partial charge on any atom is 0.239 e. The largest absolute Gasteiger partial charge is 0.382 e. The molecule has 0 aliphatic carbocycles. The quantitative estimate of drug-likeness (QED) is 0.309. The minimum Gasteiger partial charge on any atom is -0.382 e. The summed E-state index contributed by atoms with van der Waals surface area (Å²) in [5.74, 6) is 1.79. The first kappa shape index (κ1) is 23.9. The van der Waals surface area contributed by atoms with E-state index in [0.717, 1.165) is 77.5 Å². The third-order valence-corrected chi connectivity index (χ3v) is 5.66. The van der Waals surface area contributed by atoms with E-state index in [1.165, 1.54) is 0 Å². The lowest BCUT2D eigenvalue weighted by molar-refractivity contribution is -0.133. The Bertz CT molecular complexity index is 515. The zero-order chi connectivity index (χ0) is 21.1. The number of ether oxygens (including phenoxy) is 2. The standard InChI is InChI=1S/C21H41N5O3/c1-5-22-21(26-13-9-18(16-26)17-29-15-14-28-4)23-10-7-12-25-11-6-8-19(25)20(27)24(2)3/h18-19H,5-17H2,1-4H3,(H,22,23). The lowest BCUT2D eigenvalue weighted by atomic mass is 10.1. The van der Waals surface area contributed by atoms with Gasteiger partial charge >= 0.3 is 0 Å². The Morgan fingerprint density at radius 3 is 2.79 bits per heavy atom. The number of likely N-dealkylation sites (tertiary alicyclic amines) is 2. The van der Waals surface area contributed by atoms with Gasteiger partial charge in [0, 0.05) is 59.8 Å². The topological polar surface area (TPSA) is 69.6 Å². The van der Waals surface area contributed by atoms with Gasteiger partial charge in [-0.3, -0.25) is 14.7 Å². The number of methoxy groups -OCH3 is 1. The number of likely N-dealkylation sites (N-methyl/N-ethyl adjacent to an activating group) is 1. The fraction of sp³-hybridized carbons (Fsp3) is 0.905. The summed E-state index contributed by atoms with van der Waals surface area (Å²) in [6.07, 6.45) is 4.20. The van der Waals surface area contributed by atoms with Crippen molar-refractivity contribution in [2.75, 3.05) is 80.3 Å². The van der Waals surface area contributed by atoms with Crippen LogP contribution in [0.3, 0.4) is 0 Å². The number of rotatable bonds is 11. The molecule has 29 heavy (non-hydrogen) atoms. The van der Waals surface area contributed by atoms with Crippen LogP contribution in [-0.2, 0) is 14.3 Å². The van der Waals surface area contributed by atoms with Gasteiger partial charge in [0.2, 0.25) is 5.91 Å². The van der Waals surface area contributed by atoms with Gasteiger partial charge in [-0.1, -0.05) is 0 Å². The van der Waals surface area contributed by atoms with Crippen molar-refractivity contribution in [3.05, 3.63) is 0 Å². The van der Waals surface area contributed by atoms with Gasteiger partial charge in [0.15, 0.2) is 5.96 Å². The molecule has 0 radical (unpaired) electrons. The monoisotopic (exact) mass is 411 g/mol. The highest BCUT2D eigenvalue weighted by atomic mass is 16.5. The molecule has 0 bridgehead atoms. The van der Waals surface area contributed by atoms with E-state index in [2.05, 4.69) is 22.0 Å². The molecule has 0 aromatic heterocycles. The van der Waals surface area contributed by atoms with Gasteiger partial charge in [0.05, 0.1) is 25.9 Å². The maximum absolute atomic E-state index is 12.3. The van der Waals surface area contributed by atoms with E-state index in [0.29, 0.717) is 19.1 Å². The summed E-state index contributed by atoms with van der Waals surface area (Å²) in [6, 6.07) is 0.0552. The molecule has 0 saturated carbocycles. The van der Waals surface area contributed by atoms with Gasteiger partial charge in [0.1, 0.15) is 0 Å². The first-order valence-electron chi connectivity index (χ1n) is 11.1. The molecular weight excluding hydrogens is 370 g/mol. The van der Waals surface area contributed by atoms with Crippen molar-refractivity contribution in [1.82, 2.24) is 20.0 Å². The molecule has 8 heteroatoms. The predicted molar refractivity (Wildman–Crippen MR) is 116 cm³/mol. The first-order chi connectivity index (χ1) is 14.1. The summed E-state index contributed by atoms with van der Waals surface area (Å²) >= 11 is 0. The summed E-state index contributed by atoms with van der Waals surface area (Å²) in [7, 11) is 5.39. The Morgan fingerprint density at radius 2 is 2.07 bits per heavy atom. The lowest BCUT2D eigenvalue weighted by Gasteiger charge is -2.26. The number of carbonyl (C=O) groups excluding carboxylic acids is 1. The summed E-state index contributed by atoms with van der Waals surface area (Å²) in [6.45, 7) is 9.83. The van der Waals surface area contributed by atoms with Gasteiger partial charge < -0.3 is 24.6 Å². The molecular formula is C21H41N5O3. The Morgan fingerprint density at radius 1 is 1.24 bits per heavy atom. The molecule has 2 heterocycles. The number of carbonyl (C=O) groups is 1. The fourth-order valence-electron chi connectivity index (χ4n) is 4.11. The van der Waals surface area contributed by atoms with Crippen LogP contribution in [0.25, 0.3) is 0 Å². The average molecular weight is 412 g/mol. The van der Waals surface area contributed by atoms with Gasteiger partial charge in [-0.25, -0.2) is 0 Å². The van der Waals surface area contributed by atoms with Gasteiger partial charge in [0.25, 0.3) is 0 Å². The molecule has 0 aromatic rings. The second kappa shape index (κ2) is 13.0. The summed E-state index contributed by atoms with van der Waals surface area (Å²) in [5, 5.41) is 3.43. The van der Waals surface area contributed by atoms with Crippen LogP contribution in [0, 0.1) is 5.92 Å². The van der Waals surface area contributed by atoms with Crippen LogP contribution in [0.4, 0.5) is 0 Å². The molecule has 1 amide bonds. The molecule has 0 spiro atoms. The zero-order valence-electron chi connectivity index (χ0n) is 18.9. The maximum atomic E-state index is 12.3. The van der Waals surface area contributed by atoms with Crippen molar-refractivity contribution in [3.8, 4) is 0 Å². The molecule has 168 valence electrons. The Labute approximate surface area is 176 Å². The first-order valence-corrected chi connectivity index (χ1v) is 11.1. The Balaban J connectivity index is 1.75. The van der Waals surface area contributed by atoms with Crippen LogP contribution in [-0.4, -0.2) is 113 Å². The van der Waals surface area contributed by atoms with E-state index >= 15 is 0 Å². The number of guanidine groups is 1. The number of aliphatic imine (C=N–C) groups is 1. The van der Waals surface area contributed by atoms with E-state index < -0.39 is 0 Å². The lowest BCUT2D eigenvalue weighted by Crippen LogP contribution is -2.43. The molecule has 2 fully saturated rings. The zero-order valence-corrected chi connectivity index (χ0v) is 18.9. The van der Waals surface area contributed by atoms with E-state index in [1.54, 1.807) is 12.0 Å². The predicted octanol–water partition coefficient (Wildman–Crippen LogP) is 0.880. The molecule has 8 nitrogen and oxygen atoms in total. The van der Waals surface area contributed by atoms with Crippen LogP contribution in [0.1, 0.15) is 32.6 Å². The molecule has 2 rings (SSSR count). The van der Waals surface area contributed by atoms with Crippen LogP contribution in [0.2, 0.25) is 0 Å². The van der Waals surface area contributed by atoms with Gasteiger partial charge in [-0.05, 0) is 39.2 Å². The minimum absolute atomic E-state index is 0.0552. The van der Waals surface area contributed by atoms with Crippen LogP contribution >= 0.6 is 0 Å². The molecule has 1 N–H and O–H groups in total. The van der Waals surface area contributed by atoms with Crippen LogP contribution in [0.5, 0.6) is 0 Å². The molecule has 2 atom stereocenters. The molecule has 2 aliphatic rings. The average Bonchev–Trinajstić information content (AvgIpc) is 3.36. The van der Waals surface area contributed by atoms with Crippen molar-refractivity contribution >= 4 is 11.9 Å². The highest BCUT2D eigenvalue weighted by molar-refractivity contribution is 5.81. The smallest absolute Gasteiger partial charge is 0.239 e. The summed E-state index contributed by atoms with van der Waals surface area (Å²) in [5.41, 5.74) is 0. The molecule has 0 aromatic carbocycles. The number of hydrogen-bond donors (Lipinski definition) is 1. The van der Waals surface area contributed by atoms with Gasteiger partial charge in [-0.15, -0.1) is 0 Å². The van der Waals surface area contributed by atoms with Crippen molar-refractivity contribution in [1.29, 1.82) is 0 Å². The van der Waals surface area contributed by atoms with Gasteiger partial charge in [-0.2, -0.15) is 0 Å². The van der Waals surface area contributed by atoms with E-state index in [1.807, 2.05) is 14.1 Å². The van der Waals surface area contributed by atoms with Crippen LogP contribution in [0.15, 0.2) is 4.99 Å². The SMILES string of the molecule is CCNC(=NCCCN1CCCC1C(=O)N(C)C)N1CCC(COCCOC)C1. The fourth-order valence-corrected chi connectivity index (χ4v) is 4.11. The third kappa shape index (κ3) is 7.75. The second-order valence-electron chi connectivity index (χ2n) is 8.18. The summed E-state index contributed by atoms with van der Waals surface area (Å²) in [4.78, 5) is 23.6. The van der Waals surface area contributed by atoms with Crippen LogP contribution < -0.4 is 5.32 Å². The Hall–Kier alpha value is -1.38. The number of hydrogen-bond acceptors (Lipinski definition) is 5. The Kier molecular flexibility index (Phi) is 10.7. The van der Waals surface area contributed by atoms with Crippen molar-refractivity contribution in [2.45, 2.75) is 38.6 Å². The van der Waals surface area contributed by atoms with Crippen molar-refractivity contribution in [2.24, 2.45) is 10.9 Å². The van der Waals surface area contributed by atoms with Crippen molar-refractivity contribution in [3.63, 3.8) is 0 Å². The van der Waals surface area contributed by atoms with Crippen molar-refractivity contribution < 1.29 is 14.3 Å². The van der Waals surface area contributed by atoms with E-state index in [9.17, 15) is 4.79 Å². The normalized spacial score (nSPS) is 23.0. The summed E-state index contributed by atoms with van der Waals surface area (Å²) < 4.78 is 10.7. The van der Waals surface area contributed by atoms with E-state index in [-0.39, 0.29) is 11.9 Å². The number of nitrogens with one attached hydrogen (secondary N) is 1. The number of nitrogens with zero attached hydrogens (tertiary/aromatic N) is 4. The van der Waals surface area contributed by atoms with E-state index in [4.69, 9.17) is 14.5 Å². The highest BCUT2D eigenvalue weighted by Crippen LogP contribution is 2.19. The third-order valence-electron chi connectivity index (χ3n) is 5.66. The highest BCUT2D eigenvalue weighted by Gasteiger charge is 2.31. The molecule has 2 saturated heterocycles. The minimum atomic E-state index is 0.0552. The molecule has 2 unspecified atom stereocenters. The number of amides is 1. The second-order valence-corrected chi connectivity index (χ2v) is 8.18.